The Labute approximate surface area is 120 Å². The SMILES string of the molecule is COc1cccc(OCC(=O)NC(CC(=O)O)C(=O)O)c1. The van der Waals surface area contributed by atoms with Crippen molar-refractivity contribution in [1.29, 1.82) is 0 Å². The molecule has 0 spiro atoms. The van der Waals surface area contributed by atoms with Crippen molar-refractivity contribution >= 4 is 17.8 Å². The summed E-state index contributed by atoms with van der Waals surface area (Å²) >= 11 is 0. The molecule has 0 saturated carbocycles. The van der Waals surface area contributed by atoms with Crippen LogP contribution in [-0.2, 0) is 14.4 Å². The molecule has 1 unspecified atom stereocenters. The number of carboxylic acid groups (broad SMARTS) is 2. The Morgan fingerprint density at radius 1 is 1.24 bits per heavy atom. The van der Waals surface area contributed by atoms with Crippen molar-refractivity contribution < 1.29 is 34.1 Å². The molecule has 0 aliphatic heterocycles. The molecule has 0 aliphatic carbocycles. The van der Waals surface area contributed by atoms with Gasteiger partial charge in [0.25, 0.3) is 5.91 Å². The smallest absolute Gasteiger partial charge is 0.326 e. The number of carbonyl (C=O) groups excluding carboxylic acids is 1. The van der Waals surface area contributed by atoms with Crippen LogP contribution in [0.15, 0.2) is 24.3 Å². The number of ether oxygens (including phenoxy) is 2. The Balaban J connectivity index is 2.52. The number of amides is 1. The van der Waals surface area contributed by atoms with E-state index in [1.165, 1.54) is 7.11 Å². The number of hydrogen-bond donors (Lipinski definition) is 3. The lowest BCUT2D eigenvalue weighted by molar-refractivity contribution is -0.147. The Hall–Kier alpha value is -2.77. The standard InChI is InChI=1S/C13H15NO7/c1-20-8-3-2-4-9(5-8)21-7-11(15)14-10(13(18)19)6-12(16)17/h2-5,10H,6-7H2,1H3,(H,14,15)(H,16,17)(H,18,19). The number of aliphatic carboxylic acids is 2. The number of rotatable bonds is 8. The van der Waals surface area contributed by atoms with E-state index in [4.69, 9.17) is 19.7 Å². The second kappa shape index (κ2) is 7.73. The first-order chi connectivity index (χ1) is 9.92. The first-order valence-corrected chi connectivity index (χ1v) is 5.93. The topological polar surface area (TPSA) is 122 Å². The normalized spacial score (nSPS) is 11.3. The Morgan fingerprint density at radius 2 is 1.90 bits per heavy atom. The van der Waals surface area contributed by atoms with Gasteiger partial charge >= 0.3 is 11.9 Å². The number of hydrogen-bond acceptors (Lipinski definition) is 5. The zero-order valence-corrected chi connectivity index (χ0v) is 11.2. The summed E-state index contributed by atoms with van der Waals surface area (Å²) in [6, 6.07) is 5.02. The highest BCUT2D eigenvalue weighted by Crippen LogP contribution is 2.18. The van der Waals surface area contributed by atoms with Gasteiger partial charge in [0.15, 0.2) is 6.61 Å². The predicted molar refractivity (Wildman–Crippen MR) is 70.3 cm³/mol. The summed E-state index contributed by atoms with van der Waals surface area (Å²) in [4.78, 5) is 32.8. The summed E-state index contributed by atoms with van der Waals surface area (Å²) in [5.74, 6) is -2.56. The van der Waals surface area contributed by atoms with Crippen molar-refractivity contribution in [2.24, 2.45) is 0 Å². The highest BCUT2D eigenvalue weighted by Gasteiger charge is 2.23. The van der Waals surface area contributed by atoms with Gasteiger partial charge in [0.2, 0.25) is 0 Å². The lowest BCUT2D eigenvalue weighted by atomic mass is 10.2. The molecule has 3 N–H and O–H groups in total. The van der Waals surface area contributed by atoms with Crippen molar-refractivity contribution in [2.45, 2.75) is 12.5 Å². The van der Waals surface area contributed by atoms with Gasteiger partial charge in [-0.3, -0.25) is 9.59 Å². The summed E-state index contributed by atoms with van der Waals surface area (Å²) in [7, 11) is 1.48. The van der Waals surface area contributed by atoms with Gasteiger partial charge in [0.1, 0.15) is 17.5 Å². The van der Waals surface area contributed by atoms with Gasteiger partial charge in [-0.25, -0.2) is 4.79 Å². The van der Waals surface area contributed by atoms with Crippen LogP contribution < -0.4 is 14.8 Å². The van der Waals surface area contributed by atoms with E-state index in [0.717, 1.165) is 0 Å². The maximum Gasteiger partial charge on any atom is 0.326 e. The van der Waals surface area contributed by atoms with Gasteiger partial charge in [0, 0.05) is 6.07 Å². The molecule has 8 nitrogen and oxygen atoms in total. The van der Waals surface area contributed by atoms with Crippen molar-refractivity contribution in [3.8, 4) is 11.5 Å². The van der Waals surface area contributed by atoms with E-state index in [-0.39, 0.29) is 0 Å². The predicted octanol–water partition coefficient (Wildman–Crippen LogP) is 0.118. The molecule has 0 fully saturated rings. The molecule has 1 amide bonds. The van der Waals surface area contributed by atoms with E-state index in [1.54, 1.807) is 24.3 Å². The van der Waals surface area contributed by atoms with E-state index in [9.17, 15) is 14.4 Å². The maximum atomic E-state index is 11.5. The molecule has 0 heterocycles. The third-order valence-electron chi connectivity index (χ3n) is 2.42. The fourth-order valence-electron chi connectivity index (χ4n) is 1.45. The van der Waals surface area contributed by atoms with E-state index < -0.39 is 36.9 Å². The first-order valence-electron chi connectivity index (χ1n) is 5.93. The quantitative estimate of drug-likeness (QED) is 0.622. The molecule has 0 radical (unpaired) electrons. The van der Waals surface area contributed by atoms with E-state index in [1.807, 2.05) is 0 Å². The van der Waals surface area contributed by atoms with Crippen molar-refractivity contribution in [1.82, 2.24) is 5.32 Å². The Bertz CT molecular complexity index is 529. The first kappa shape index (κ1) is 16.3. The lowest BCUT2D eigenvalue weighted by Crippen LogP contribution is -2.44. The van der Waals surface area contributed by atoms with Gasteiger partial charge in [-0.15, -0.1) is 0 Å². The Kier molecular flexibility index (Phi) is 5.99. The molecule has 1 aromatic rings. The summed E-state index contributed by atoms with van der Waals surface area (Å²) in [6.07, 6.45) is -0.708. The molecule has 114 valence electrons. The third-order valence-corrected chi connectivity index (χ3v) is 2.42. The molecule has 8 heteroatoms. The summed E-state index contributed by atoms with van der Waals surface area (Å²) in [5.41, 5.74) is 0. The number of methoxy groups -OCH3 is 1. The van der Waals surface area contributed by atoms with Crippen LogP contribution in [0.4, 0.5) is 0 Å². The average Bonchev–Trinajstić information content (AvgIpc) is 2.44. The minimum atomic E-state index is -1.50. The molecule has 0 saturated heterocycles. The summed E-state index contributed by atoms with van der Waals surface area (Å²) in [5, 5.41) is 19.4. The zero-order chi connectivity index (χ0) is 15.8. The number of carbonyl (C=O) groups is 3. The van der Waals surface area contributed by atoms with Crippen LogP contribution in [0.3, 0.4) is 0 Å². The largest absolute Gasteiger partial charge is 0.497 e. The summed E-state index contributed by atoms with van der Waals surface area (Å²) in [6.45, 7) is -0.434. The van der Waals surface area contributed by atoms with Crippen LogP contribution in [0.5, 0.6) is 11.5 Å². The molecule has 0 aromatic heterocycles. The van der Waals surface area contributed by atoms with Crippen molar-refractivity contribution in [3.63, 3.8) is 0 Å². The molecule has 1 rings (SSSR count). The van der Waals surface area contributed by atoms with Gasteiger partial charge in [-0.2, -0.15) is 0 Å². The Morgan fingerprint density at radius 3 is 2.48 bits per heavy atom. The maximum absolute atomic E-state index is 11.5. The van der Waals surface area contributed by atoms with E-state index in [2.05, 4.69) is 5.32 Å². The average molecular weight is 297 g/mol. The highest BCUT2D eigenvalue weighted by molar-refractivity contribution is 5.87. The van der Waals surface area contributed by atoms with Gasteiger partial charge in [-0.1, -0.05) is 6.07 Å². The van der Waals surface area contributed by atoms with Crippen LogP contribution in [0.25, 0.3) is 0 Å². The van der Waals surface area contributed by atoms with E-state index >= 15 is 0 Å². The van der Waals surface area contributed by atoms with Crippen LogP contribution in [-0.4, -0.2) is 47.8 Å². The molecule has 21 heavy (non-hydrogen) atoms. The second-order valence-corrected chi connectivity index (χ2v) is 4.02. The van der Waals surface area contributed by atoms with Crippen LogP contribution in [0.2, 0.25) is 0 Å². The molecule has 0 aliphatic rings. The van der Waals surface area contributed by atoms with Crippen LogP contribution >= 0.6 is 0 Å². The van der Waals surface area contributed by atoms with Crippen molar-refractivity contribution in [2.75, 3.05) is 13.7 Å². The molecular formula is C13H15NO7. The molecule has 0 bridgehead atoms. The van der Waals surface area contributed by atoms with Crippen LogP contribution in [0.1, 0.15) is 6.42 Å². The number of benzene rings is 1. The van der Waals surface area contributed by atoms with Crippen molar-refractivity contribution in [3.05, 3.63) is 24.3 Å². The number of carboxylic acids is 2. The fourth-order valence-corrected chi connectivity index (χ4v) is 1.45. The zero-order valence-electron chi connectivity index (χ0n) is 11.2. The number of nitrogens with one attached hydrogen (secondary N) is 1. The van der Waals surface area contributed by atoms with Crippen LogP contribution in [0, 0.1) is 0 Å². The molecular weight excluding hydrogens is 282 g/mol. The highest BCUT2D eigenvalue weighted by atomic mass is 16.5. The lowest BCUT2D eigenvalue weighted by Gasteiger charge is -2.13. The third kappa shape index (κ3) is 5.81. The fraction of sp³-hybridized carbons (Fsp3) is 0.308. The summed E-state index contributed by atoms with van der Waals surface area (Å²) < 4.78 is 10.1. The monoisotopic (exact) mass is 297 g/mol. The minimum absolute atomic E-state index is 0.370. The molecule has 1 atom stereocenters. The van der Waals surface area contributed by atoms with Gasteiger partial charge in [0.05, 0.1) is 13.5 Å². The minimum Gasteiger partial charge on any atom is -0.497 e. The van der Waals surface area contributed by atoms with Gasteiger partial charge < -0.3 is 25.0 Å². The van der Waals surface area contributed by atoms with E-state index in [0.29, 0.717) is 11.5 Å². The van der Waals surface area contributed by atoms with Gasteiger partial charge in [-0.05, 0) is 12.1 Å². The second-order valence-electron chi connectivity index (χ2n) is 4.02. The molecule has 1 aromatic carbocycles.